The lowest BCUT2D eigenvalue weighted by atomic mass is 10.1. The molecule has 4 rings (SSSR count). The Morgan fingerprint density at radius 2 is 2.00 bits per heavy atom. The third-order valence-electron chi connectivity index (χ3n) is 4.07. The van der Waals surface area contributed by atoms with Crippen LogP contribution in [-0.4, -0.2) is 27.8 Å². The summed E-state index contributed by atoms with van der Waals surface area (Å²) in [5.74, 6) is -0.404. The molecular formula is C19H14ClN3O2. The summed E-state index contributed by atoms with van der Waals surface area (Å²) < 4.78 is 6.62. The lowest BCUT2D eigenvalue weighted by Crippen LogP contribution is -2.13. The van der Waals surface area contributed by atoms with Gasteiger partial charge in [-0.2, -0.15) is 5.10 Å². The van der Waals surface area contributed by atoms with Gasteiger partial charge in [-0.15, -0.1) is 0 Å². The van der Waals surface area contributed by atoms with E-state index in [1.807, 2.05) is 48.5 Å². The number of fused-ring (bicyclic) bond motifs is 2. The molecule has 0 atom stereocenters. The molecule has 0 spiro atoms. The zero-order chi connectivity index (χ0) is 17.4. The van der Waals surface area contributed by atoms with Crippen molar-refractivity contribution in [3.8, 4) is 0 Å². The van der Waals surface area contributed by atoms with Gasteiger partial charge in [-0.25, -0.2) is 4.79 Å². The first kappa shape index (κ1) is 15.6. The van der Waals surface area contributed by atoms with Gasteiger partial charge in [0.15, 0.2) is 5.69 Å². The third-order valence-corrected chi connectivity index (χ3v) is 4.28. The average Bonchev–Trinajstić information content (AvgIpc) is 2.98. The molecule has 124 valence electrons. The summed E-state index contributed by atoms with van der Waals surface area (Å²) in [6.07, 6.45) is 1.62. The molecule has 2 aromatic heterocycles. The van der Waals surface area contributed by atoms with E-state index < -0.39 is 5.97 Å². The van der Waals surface area contributed by atoms with Crippen LogP contribution in [0.3, 0.4) is 0 Å². The number of hydrogen-bond acceptors (Lipinski definition) is 4. The Kier molecular flexibility index (Phi) is 3.86. The zero-order valence-corrected chi connectivity index (χ0v) is 14.2. The van der Waals surface area contributed by atoms with E-state index in [-0.39, 0.29) is 0 Å². The van der Waals surface area contributed by atoms with Crippen molar-refractivity contribution >= 4 is 39.4 Å². The molecule has 5 nitrogen and oxygen atoms in total. The van der Waals surface area contributed by atoms with Crippen molar-refractivity contribution in [3.63, 3.8) is 0 Å². The molecule has 0 radical (unpaired) electrons. The van der Waals surface area contributed by atoms with Gasteiger partial charge in [0, 0.05) is 17.0 Å². The van der Waals surface area contributed by atoms with Crippen molar-refractivity contribution in [2.75, 3.05) is 7.11 Å². The Morgan fingerprint density at radius 1 is 1.16 bits per heavy atom. The van der Waals surface area contributed by atoms with Gasteiger partial charge in [-0.3, -0.25) is 9.67 Å². The average molecular weight is 352 g/mol. The number of methoxy groups -OCH3 is 1. The number of aromatic nitrogens is 3. The summed E-state index contributed by atoms with van der Waals surface area (Å²) in [7, 11) is 1.37. The van der Waals surface area contributed by atoms with Crippen LogP contribution in [0, 0.1) is 0 Å². The molecular weight excluding hydrogens is 338 g/mol. The van der Waals surface area contributed by atoms with E-state index in [2.05, 4.69) is 10.1 Å². The second kappa shape index (κ2) is 6.18. The van der Waals surface area contributed by atoms with E-state index in [0.717, 1.165) is 27.4 Å². The van der Waals surface area contributed by atoms with Crippen LogP contribution >= 0.6 is 11.6 Å². The van der Waals surface area contributed by atoms with E-state index in [4.69, 9.17) is 16.3 Å². The molecule has 2 heterocycles. The maximum Gasteiger partial charge on any atom is 0.356 e. The Bertz CT molecular complexity index is 1100. The monoisotopic (exact) mass is 351 g/mol. The number of ether oxygens (including phenoxy) is 1. The molecule has 0 bridgehead atoms. The summed E-state index contributed by atoms with van der Waals surface area (Å²) in [6, 6.07) is 15.3. The minimum atomic E-state index is -0.404. The molecule has 0 aliphatic heterocycles. The van der Waals surface area contributed by atoms with Gasteiger partial charge in [0.2, 0.25) is 0 Å². The molecule has 0 aliphatic rings. The maximum absolute atomic E-state index is 12.2. The first-order valence-corrected chi connectivity index (χ1v) is 8.11. The predicted octanol–water partition coefficient (Wildman–Crippen LogP) is 4.07. The van der Waals surface area contributed by atoms with Crippen LogP contribution in [0.4, 0.5) is 0 Å². The summed E-state index contributed by atoms with van der Waals surface area (Å²) in [5.41, 5.74) is 3.07. The largest absolute Gasteiger partial charge is 0.464 e. The summed E-state index contributed by atoms with van der Waals surface area (Å²) in [4.78, 5) is 16.5. The number of hydrogen-bond donors (Lipinski definition) is 0. The molecule has 2 aromatic carbocycles. The summed E-state index contributed by atoms with van der Waals surface area (Å²) >= 11 is 6.03. The number of esters is 1. The zero-order valence-electron chi connectivity index (χ0n) is 13.4. The highest BCUT2D eigenvalue weighted by molar-refractivity contribution is 6.31. The van der Waals surface area contributed by atoms with Gasteiger partial charge in [-0.1, -0.05) is 35.9 Å². The van der Waals surface area contributed by atoms with Gasteiger partial charge in [0.25, 0.3) is 0 Å². The number of pyridine rings is 1. The minimum Gasteiger partial charge on any atom is -0.464 e. The minimum absolute atomic E-state index is 0.404. The molecule has 0 fully saturated rings. The predicted molar refractivity (Wildman–Crippen MR) is 96.9 cm³/mol. The molecule has 0 saturated heterocycles. The molecule has 0 unspecified atom stereocenters. The van der Waals surface area contributed by atoms with Crippen LogP contribution < -0.4 is 0 Å². The van der Waals surface area contributed by atoms with E-state index in [1.165, 1.54) is 7.11 Å². The van der Waals surface area contributed by atoms with Crippen LogP contribution in [0.25, 0.3) is 21.8 Å². The number of carbonyl (C=O) groups excluding carboxylic acids is 1. The van der Waals surface area contributed by atoms with Crippen molar-refractivity contribution < 1.29 is 9.53 Å². The van der Waals surface area contributed by atoms with Crippen LogP contribution in [0.1, 0.15) is 16.1 Å². The second-order valence-corrected chi connectivity index (χ2v) is 6.13. The SMILES string of the molecule is COC(=O)c1c2ccccc2nn1Cc1ccc2ncc(Cl)cc2c1. The van der Waals surface area contributed by atoms with Crippen LogP contribution in [0.5, 0.6) is 0 Å². The Hall–Kier alpha value is -2.92. The third kappa shape index (κ3) is 2.83. The first-order valence-electron chi connectivity index (χ1n) is 7.74. The highest BCUT2D eigenvalue weighted by Crippen LogP contribution is 2.22. The van der Waals surface area contributed by atoms with E-state index >= 15 is 0 Å². The molecule has 0 amide bonds. The van der Waals surface area contributed by atoms with Crippen molar-refractivity contribution in [2.45, 2.75) is 6.54 Å². The normalized spacial score (nSPS) is 11.1. The molecule has 0 saturated carbocycles. The quantitative estimate of drug-likeness (QED) is 0.522. The number of carbonyl (C=O) groups is 1. The lowest BCUT2D eigenvalue weighted by molar-refractivity contribution is 0.0589. The lowest BCUT2D eigenvalue weighted by Gasteiger charge is -2.08. The van der Waals surface area contributed by atoms with Gasteiger partial charge in [0.05, 0.1) is 29.7 Å². The summed E-state index contributed by atoms with van der Waals surface area (Å²) in [6.45, 7) is 0.446. The molecule has 25 heavy (non-hydrogen) atoms. The molecule has 4 aromatic rings. The Morgan fingerprint density at radius 3 is 2.84 bits per heavy atom. The van der Waals surface area contributed by atoms with E-state index in [0.29, 0.717) is 17.3 Å². The number of benzene rings is 2. The number of rotatable bonds is 3. The van der Waals surface area contributed by atoms with E-state index in [1.54, 1.807) is 10.9 Å². The van der Waals surface area contributed by atoms with Gasteiger partial charge in [0.1, 0.15) is 0 Å². The van der Waals surface area contributed by atoms with Gasteiger partial charge < -0.3 is 4.74 Å². The highest BCUT2D eigenvalue weighted by atomic mass is 35.5. The van der Waals surface area contributed by atoms with Crippen molar-refractivity contribution in [2.24, 2.45) is 0 Å². The Labute approximate surface area is 148 Å². The Balaban J connectivity index is 1.81. The fraction of sp³-hybridized carbons (Fsp3) is 0.105. The smallest absolute Gasteiger partial charge is 0.356 e. The van der Waals surface area contributed by atoms with E-state index in [9.17, 15) is 4.79 Å². The van der Waals surface area contributed by atoms with Gasteiger partial charge >= 0.3 is 5.97 Å². The van der Waals surface area contributed by atoms with Crippen LogP contribution in [-0.2, 0) is 11.3 Å². The van der Waals surface area contributed by atoms with Crippen molar-refractivity contribution in [1.82, 2.24) is 14.8 Å². The molecule has 0 aliphatic carbocycles. The summed E-state index contributed by atoms with van der Waals surface area (Å²) in [5, 5.41) is 6.86. The number of halogens is 1. The number of nitrogens with zero attached hydrogens (tertiary/aromatic N) is 3. The second-order valence-electron chi connectivity index (χ2n) is 5.70. The molecule has 0 N–H and O–H groups in total. The maximum atomic E-state index is 12.2. The fourth-order valence-electron chi connectivity index (χ4n) is 2.93. The van der Waals surface area contributed by atoms with Crippen LogP contribution in [0.15, 0.2) is 54.7 Å². The topological polar surface area (TPSA) is 57.0 Å². The molecule has 6 heteroatoms. The first-order chi connectivity index (χ1) is 12.2. The fourth-order valence-corrected chi connectivity index (χ4v) is 3.10. The van der Waals surface area contributed by atoms with Gasteiger partial charge in [-0.05, 0) is 29.8 Å². The van der Waals surface area contributed by atoms with Crippen molar-refractivity contribution in [3.05, 3.63) is 71.0 Å². The van der Waals surface area contributed by atoms with Crippen LogP contribution in [0.2, 0.25) is 5.02 Å². The van der Waals surface area contributed by atoms with Crippen molar-refractivity contribution in [1.29, 1.82) is 0 Å². The highest BCUT2D eigenvalue weighted by Gasteiger charge is 2.19. The standard InChI is InChI=1S/C19H14ClN3O2/c1-25-19(24)18-15-4-2-3-5-17(15)22-23(18)11-12-6-7-16-13(8-12)9-14(20)10-21-16/h2-10H,11H2,1H3.